The molecule has 0 unspecified atom stereocenters. The Hall–Kier alpha value is -3.28. The van der Waals surface area contributed by atoms with Crippen LogP contribution in [0.3, 0.4) is 0 Å². The van der Waals surface area contributed by atoms with E-state index in [0.29, 0.717) is 11.5 Å². The van der Waals surface area contributed by atoms with E-state index in [1.54, 1.807) is 53.9 Å². The van der Waals surface area contributed by atoms with E-state index >= 15 is 0 Å². The van der Waals surface area contributed by atoms with Crippen LogP contribution in [-0.4, -0.2) is 25.7 Å². The maximum absolute atomic E-state index is 11.8. The number of hydrogen-bond acceptors (Lipinski definition) is 4. The second-order valence-corrected chi connectivity index (χ2v) is 4.46. The number of amides is 1. The Labute approximate surface area is 127 Å². The number of anilines is 1. The molecule has 0 aliphatic heterocycles. The number of hydrogen-bond donors (Lipinski definition) is 1. The maximum Gasteiger partial charge on any atom is 0.248 e. The summed E-state index contributed by atoms with van der Waals surface area (Å²) in [5.74, 6) is 0.473. The van der Waals surface area contributed by atoms with Crippen LogP contribution in [0, 0.1) is 0 Å². The van der Waals surface area contributed by atoms with Crippen LogP contribution >= 0.6 is 0 Å². The molecule has 0 atom stereocenters. The van der Waals surface area contributed by atoms with Crippen molar-refractivity contribution in [2.45, 2.75) is 0 Å². The highest BCUT2D eigenvalue weighted by atomic mass is 16.1. The van der Waals surface area contributed by atoms with Crippen LogP contribution in [-0.2, 0) is 4.79 Å². The molecule has 0 aromatic carbocycles. The summed E-state index contributed by atoms with van der Waals surface area (Å²) in [6.45, 7) is 0. The Morgan fingerprint density at radius 2 is 2.00 bits per heavy atom. The summed E-state index contributed by atoms with van der Waals surface area (Å²) in [4.78, 5) is 20.0. The molecule has 6 nitrogen and oxygen atoms in total. The van der Waals surface area contributed by atoms with Gasteiger partial charge in [-0.3, -0.25) is 9.78 Å². The van der Waals surface area contributed by atoms with Gasteiger partial charge in [0.25, 0.3) is 0 Å². The number of aromatic nitrogens is 4. The minimum atomic E-state index is -0.217. The predicted octanol–water partition coefficient (Wildman–Crippen LogP) is 2.31. The van der Waals surface area contributed by atoms with Gasteiger partial charge in [-0.2, -0.15) is 5.10 Å². The zero-order chi connectivity index (χ0) is 15.2. The van der Waals surface area contributed by atoms with Crippen LogP contribution in [0.15, 0.2) is 67.4 Å². The summed E-state index contributed by atoms with van der Waals surface area (Å²) < 4.78 is 1.65. The molecule has 0 saturated heterocycles. The molecular formula is C16H13N5O. The standard InChI is InChI=1S/C16H13N5O/c22-16(5-2-13-6-9-17-10-7-13)20-14-3-4-15(18-12-14)21-11-1-8-19-21/h1-12H,(H,20,22)/b5-2+. The monoisotopic (exact) mass is 291 g/mol. The summed E-state index contributed by atoms with van der Waals surface area (Å²) >= 11 is 0. The van der Waals surface area contributed by atoms with Crippen LogP contribution in [0.2, 0.25) is 0 Å². The Bertz CT molecular complexity index is 764. The van der Waals surface area contributed by atoms with Crippen LogP contribution in [0.25, 0.3) is 11.9 Å². The second kappa shape index (κ2) is 6.45. The predicted molar refractivity (Wildman–Crippen MR) is 83.3 cm³/mol. The molecule has 3 rings (SSSR count). The van der Waals surface area contributed by atoms with E-state index in [0.717, 1.165) is 5.56 Å². The molecule has 0 saturated carbocycles. The van der Waals surface area contributed by atoms with Crippen LogP contribution in [0.5, 0.6) is 0 Å². The van der Waals surface area contributed by atoms with E-state index in [-0.39, 0.29) is 5.91 Å². The summed E-state index contributed by atoms with van der Waals surface area (Å²) in [7, 11) is 0. The van der Waals surface area contributed by atoms with Crippen LogP contribution in [0.4, 0.5) is 5.69 Å². The molecule has 3 heterocycles. The summed E-state index contributed by atoms with van der Waals surface area (Å²) in [6.07, 6.45) is 11.6. The van der Waals surface area contributed by atoms with Gasteiger partial charge in [0.1, 0.15) is 0 Å². The Kier molecular flexibility index (Phi) is 4.01. The SMILES string of the molecule is O=C(/C=C/c1ccncc1)Nc1ccc(-n2cccn2)nc1. The molecule has 1 amide bonds. The van der Waals surface area contributed by atoms with Crippen molar-refractivity contribution in [3.63, 3.8) is 0 Å². The zero-order valence-corrected chi connectivity index (χ0v) is 11.6. The normalized spacial score (nSPS) is 10.7. The smallest absolute Gasteiger partial charge is 0.248 e. The topological polar surface area (TPSA) is 72.7 Å². The first kappa shape index (κ1) is 13.7. The molecule has 0 aliphatic rings. The van der Waals surface area contributed by atoms with Crippen molar-refractivity contribution >= 4 is 17.7 Å². The first-order chi connectivity index (χ1) is 10.8. The summed E-state index contributed by atoms with van der Waals surface area (Å²) in [5, 5.41) is 6.84. The van der Waals surface area contributed by atoms with Crippen LogP contribution in [0.1, 0.15) is 5.56 Å². The van der Waals surface area contributed by atoms with E-state index in [1.807, 2.05) is 18.2 Å². The van der Waals surface area contributed by atoms with Gasteiger partial charge in [-0.25, -0.2) is 9.67 Å². The molecular weight excluding hydrogens is 278 g/mol. The molecule has 6 heteroatoms. The average Bonchev–Trinajstić information content (AvgIpc) is 3.09. The van der Waals surface area contributed by atoms with E-state index < -0.39 is 0 Å². The Morgan fingerprint density at radius 3 is 2.68 bits per heavy atom. The van der Waals surface area contributed by atoms with Gasteiger partial charge in [-0.1, -0.05) is 0 Å². The molecule has 1 N–H and O–H groups in total. The fourth-order valence-electron chi connectivity index (χ4n) is 1.83. The van der Waals surface area contributed by atoms with Gasteiger partial charge in [0.2, 0.25) is 5.91 Å². The van der Waals surface area contributed by atoms with Gasteiger partial charge in [-0.15, -0.1) is 0 Å². The lowest BCUT2D eigenvalue weighted by Gasteiger charge is -2.04. The van der Waals surface area contributed by atoms with Crippen molar-refractivity contribution in [1.29, 1.82) is 0 Å². The number of nitrogens with zero attached hydrogens (tertiary/aromatic N) is 4. The highest BCUT2D eigenvalue weighted by Gasteiger charge is 2.01. The van der Waals surface area contributed by atoms with Gasteiger partial charge in [-0.05, 0) is 42.0 Å². The molecule has 0 bridgehead atoms. The first-order valence-electron chi connectivity index (χ1n) is 6.66. The molecule has 0 spiro atoms. The Morgan fingerprint density at radius 1 is 1.14 bits per heavy atom. The van der Waals surface area contributed by atoms with E-state index in [4.69, 9.17) is 0 Å². The highest BCUT2D eigenvalue weighted by Crippen LogP contribution is 2.09. The number of pyridine rings is 2. The molecule has 0 fully saturated rings. The number of rotatable bonds is 4. The number of nitrogens with one attached hydrogen (secondary N) is 1. The third kappa shape index (κ3) is 3.43. The van der Waals surface area contributed by atoms with Crippen LogP contribution < -0.4 is 5.32 Å². The zero-order valence-electron chi connectivity index (χ0n) is 11.6. The number of carbonyl (C=O) groups is 1. The first-order valence-corrected chi connectivity index (χ1v) is 6.66. The lowest BCUT2D eigenvalue weighted by atomic mass is 10.2. The average molecular weight is 291 g/mol. The Balaban J connectivity index is 1.63. The number of carbonyl (C=O) groups excluding carboxylic acids is 1. The summed E-state index contributed by atoms with van der Waals surface area (Å²) in [5.41, 5.74) is 1.54. The van der Waals surface area contributed by atoms with Crippen molar-refractivity contribution in [3.8, 4) is 5.82 Å². The van der Waals surface area contributed by atoms with Crippen molar-refractivity contribution in [3.05, 3.63) is 73.0 Å². The lowest BCUT2D eigenvalue weighted by Crippen LogP contribution is -2.08. The molecule has 22 heavy (non-hydrogen) atoms. The fourth-order valence-corrected chi connectivity index (χ4v) is 1.83. The highest BCUT2D eigenvalue weighted by molar-refractivity contribution is 6.01. The second-order valence-electron chi connectivity index (χ2n) is 4.46. The minimum Gasteiger partial charge on any atom is -0.321 e. The van der Waals surface area contributed by atoms with E-state index in [2.05, 4.69) is 20.4 Å². The molecule has 3 aromatic rings. The third-order valence-electron chi connectivity index (χ3n) is 2.89. The van der Waals surface area contributed by atoms with Crippen molar-refractivity contribution in [2.75, 3.05) is 5.32 Å². The van der Waals surface area contributed by atoms with E-state index in [1.165, 1.54) is 6.08 Å². The molecule has 3 aromatic heterocycles. The van der Waals surface area contributed by atoms with Gasteiger partial charge >= 0.3 is 0 Å². The van der Waals surface area contributed by atoms with Crippen molar-refractivity contribution in [2.24, 2.45) is 0 Å². The van der Waals surface area contributed by atoms with Crippen molar-refractivity contribution < 1.29 is 4.79 Å². The lowest BCUT2D eigenvalue weighted by molar-refractivity contribution is -0.111. The van der Waals surface area contributed by atoms with Crippen molar-refractivity contribution in [1.82, 2.24) is 19.7 Å². The quantitative estimate of drug-likeness (QED) is 0.749. The third-order valence-corrected chi connectivity index (χ3v) is 2.89. The fraction of sp³-hybridized carbons (Fsp3) is 0. The molecule has 108 valence electrons. The van der Waals surface area contributed by atoms with E-state index in [9.17, 15) is 4.79 Å². The van der Waals surface area contributed by atoms with Gasteiger partial charge in [0, 0.05) is 30.9 Å². The summed E-state index contributed by atoms with van der Waals surface area (Å²) in [6, 6.07) is 9.03. The molecule has 0 radical (unpaired) electrons. The van der Waals surface area contributed by atoms with Gasteiger partial charge < -0.3 is 5.32 Å². The largest absolute Gasteiger partial charge is 0.321 e. The van der Waals surface area contributed by atoms with Gasteiger partial charge in [0.05, 0.1) is 11.9 Å². The minimum absolute atomic E-state index is 0.217. The van der Waals surface area contributed by atoms with Gasteiger partial charge in [0.15, 0.2) is 5.82 Å². The molecule has 0 aliphatic carbocycles. The maximum atomic E-state index is 11.8.